The minimum Gasteiger partial charge on any atom is -0.330 e. The van der Waals surface area contributed by atoms with Gasteiger partial charge < -0.3 is 5.32 Å². The zero-order chi connectivity index (χ0) is 17.2. The van der Waals surface area contributed by atoms with Crippen molar-refractivity contribution in [3.05, 3.63) is 63.8 Å². The molecule has 0 radical (unpaired) electrons. The molecule has 10 heteroatoms. The van der Waals surface area contributed by atoms with Crippen molar-refractivity contribution in [2.75, 3.05) is 5.32 Å². The van der Waals surface area contributed by atoms with Crippen molar-refractivity contribution in [2.45, 2.75) is 10.1 Å². The van der Waals surface area contributed by atoms with Gasteiger partial charge in [-0.15, -0.1) is 21.5 Å². The first-order valence-corrected chi connectivity index (χ1v) is 9.80. The summed E-state index contributed by atoms with van der Waals surface area (Å²) in [7, 11) is 0. The average Bonchev–Trinajstić information content (AvgIpc) is 3.22. The molecule has 4 rings (SSSR count). The number of hydrogen-bond donors (Lipinski definition) is 1. The number of rotatable bonds is 5. The van der Waals surface area contributed by atoms with Crippen molar-refractivity contribution in [1.82, 2.24) is 19.6 Å². The molecule has 3 heterocycles. The van der Waals surface area contributed by atoms with Crippen LogP contribution in [-0.2, 0) is 5.75 Å². The largest absolute Gasteiger partial charge is 0.330 e. The highest BCUT2D eigenvalue weighted by Crippen LogP contribution is 2.29. The van der Waals surface area contributed by atoms with Gasteiger partial charge in [0.05, 0.1) is 5.69 Å². The molecule has 1 N–H and O–H groups in total. The van der Waals surface area contributed by atoms with Crippen molar-refractivity contribution in [3.63, 3.8) is 0 Å². The molecule has 0 amide bonds. The van der Waals surface area contributed by atoms with Gasteiger partial charge in [0.2, 0.25) is 5.13 Å². The van der Waals surface area contributed by atoms with Gasteiger partial charge in [-0.1, -0.05) is 29.2 Å². The topological polar surface area (TPSA) is 72.2 Å². The van der Waals surface area contributed by atoms with Crippen LogP contribution in [0.25, 0.3) is 4.96 Å². The van der Waals surface area contributed by atoms with Crippen LogP contribution in [0.15, 0.2) is 51.0 Å². The lowest BCUT2D eigenvalue weighted by Gasteiger charge is -2.00. The lowest BCUT2D eigenvalue weighted by molar-refractivity contribution is 0.628. The van der Waals surface area contributed by atoms with Gasteiger partial charge in [-0.05, 0) is 18.2 Å². The zero-order valence-electron chi connectivity index (χ0n) is 12.5. The van der Waals surface area contributed by atoms with E-state index in [0.29, 0.717) is 27.2 Å². The SMILES string of the molecule is O=c1cc(CSc2nnc(Nc3cccc(F)c3)s2)nc2sccn12. The maximum Gasteiger partial charge on any atom is 0.258 e. The number of anilines is 2. The Kier molecular flexibility index (Phi) is 4.47. The molecule has 0 saturated carbocycles. The zero-order valence-corrected chi connectivity index (χ0v) is 15.0. The average molecular weight is 391 g/mol. The molecule has 0 saturated heterocycles. The Morgan fingerprint density at radius 1 is 1.28 bits per heavy atom. The van der Waals surface area contributed by atoms with Crippen LogP contribution in [0.1, 0.15) is 5.69 Å². The molecular weight excluding hydrogens is 381 g/mol. The van der Waals surface area contributed by atoms with Gasteiger partial charge in [0.15, 0.2) is 9.30 Å². The maximum atomic E-state index is 13.2. The first-order chi connectivity index (χ1) is 12.2. The Morgan fingerprint density at radius 2 is 2.20 bits per heavy atom. The second kappa shape index (κ2) is 6.90. The number of nitrogens with one attached hydrogen (secondary N) is 1. The minimum absolute atomic E-state index is 0.0902. The summed E-state index contributed by atoms with van der Waals surface area (Å²) in [4.78, 5) is 17.1. The fourth-order valence-electron chi connectivity index (χ4n) is 2.11. The molecule has 0 unspecified atom stereocenters. The standard InChI is InChI=1S/C15H10FN5OS3/c16-9-2-1-3-10(6-9)17-13-19-20-15(25-13)24-8-11-7-12(22)21-4-5-23-14(21)18-11/h1-7H,8H2,(H,17,19). The molecule has 6 nitrogen and oxygen atoms in total. The number of hydrogen-bond acceptors (Lipinski definition) is 8. The smallest absolute Gasteiger partial charge is 0.258 e. The second-order valence-corrected chi connectivity index (χ2v) is 8.01. The van der Waals surface area contributed by atoms with Crippen LogP contribution in [-0.4, -0.2) is 19.6 Å². The van der Waals surface area contributed by atoms with Gasteiger partial charge in [-0.3, -0.25) is 9.20 Å². The quantitative estimate of drug-likeness (QED) is 0.522. The van der Waals surface area contributed by atoms with Crippen LogP contribution in [0.4, 0.5) is 15.2 Å². The number of benzene rings is 1. The van der Waals surface area contributed by atoms with Crippen molar-refractivity contribution in [3.8, 4) is 0 Å². The summed E-state index contributed by atoms with van der Waals surface area (Å²) in [5, 5.41) is 13.6. The molecule has 25 heavy (non-hydrogen) atoms. The fraction of sp³-hybridized carbons (Fsp3) is 0.0667. The maximum absolute atomic E-state index is 13.2. The lowest BCUT2D eigenvalue weighted by atomic mass is 10.3. The third-order valence-corrected chi connectivity index (χ3v) is 5.94. The van der Waals surface area contributed by atoms with E-state index in [1.54, 1.807) is 18.3 Å². The number of fused-ring (bicyclic) bond motifs is 1. The van der Waals surface area contributed by atoms with Crippen LogP contribution in [0.3, 0.4) is 0 Å². The molecule has 0 atom stereocenters. The third kappa shape index (κ3) is 3.70. The second-order valence-electron chi connectivity index (χ2n) is 4.94. The number of aromatic nitrogens is 4. The van der Waals surface area contributed by atoms with Crippen molar-refractivity contribution in [2.24, 2.45) is 0 Å². The molecule has 4 aromatic rings. The van der Waals surface area contributed by atoms with Crippen LogP contribution in [0.2, 0.25) is 0 Å². The molecule has 0 spiro atoms. The number of nitrogens with zero attached hydrogens (tertiary/aromatic N) is 4. The molecule has 0 aliphatic heterocycles. The van der Waals surface area contributed by atoms with E-state index in [4.69, 9.17) is 0 Å². The van der Waals surface area contributed by atoms with E-state index >= 15 is 0 Å². The summed E-state index contributed by atoms with van der Waals surface area (Å²) in [6, 6.07) is 7.68. The summed E-state index contributed by atoms with van der Waals surface area (Å²) in [6.45, 7) is 0. The summed E-state index contributed by atoms with van der Waals surface area (Å²) in [6.07, 6.45) is 1.71. The van der Waals surface area contributed by atoms with Gasteiger partial charge in [-0.2, -0.15) is 0 Å². The van der Waals surface area contributed by atoms with E-state index in [-0.39, 0.29) is 11.4 Å². The van der Waals surface area contributed by atoms with E-state index in [1.165, 1.54) is 57.0 Å². The monoisotopic (exact) mass is 391 g/mol. The molecular formula is C15H10FN5OS3. The molecule has 0 bridgehead atoms. The first-order valence-electron chi connectivity index (χ1n) is 7.12. The highest BCUT2D eigenvalue weighted by Gasteiger charge is 2.08. The van der Waals surface area contributed by atoms with E-state index in [1.807, 2.05) is 5.38 Å². The Morgan fingerprint density at radius 3 is 3.08 bits per heavy atom. The molecule has 126 valence electrons. The van der Waals surface area contributed by atoms with Gasteiger partial charge >= 0.3 is 0 Å². The highest BCUT2D eigenvalue weighted by atomic mass is 32.2. The van der Waals surface area contributed by atoms with Gasteiger partial charge in [-0.25, -0.2) is 9.37 Å². The lowest BCUT2D eigenvalue weighted by Crippen LogP contribution is -2.12. The van der Waals surface area contributed by atoms with Crippen LogP contribution in [0, 0.1) is 5.82 Å². The van der Waals surface area contributed by atoms with Gasteiger partial charge in [0.25, 0.3) is 5.56 Å². The Labute approximate surface area is 153 Å². The molecule has 0 aliphatic rings. The van der Waals surface area contributed by atoms with Crippen LogP contribution < -0.4 is 10.9 Å². The predicted octanol–water partition coefficient (Wildman–Crippen LogP) is 3.78. The number of thioether (sulfide) groups is 1. The van der Waals surface area contributed by atoms with E-state index in [0.717, 1.165) is 4.34 Å². The van der Waals surface area contributed by atoms with Crippen molar-refractivity contribution >= 4 is 50.2 Å². The van der Waals surface area contributed by atoms with Crippen molar-refractivity contribution < 1.29 is 4.39 Å². The van der Waals surface area contributed by atoms with E-state index in [2.05, 4.69) is 20.5 Å². The normalized spacial score (nSPS) is 11.1. The van der Waals surface area contributed by atoms with Gasteiger partial charge in [0.1, 0.15) is 5.82 Å². The Balaban J connectivity index is 1.44. The molecule has 3 aromatic heterocycles. The molecule has 1 aromatic carbocycles. The number of thiazole rings is 1. The number of halogens is 1. The van der Waals surface area contributed by atoms with E-state index < -0.39 is 0 Å². The summed E-state index contributed by atoms with van der Waals surface area (Å²) >= 11 is 4.23. The predicted molar refractivity (Wildman–Crippen MR) is 98.5 cm³/mol. The van der Waals surface area contributed by atoms with Crippen LogP contribution in [0.5, 0.6) is 0 Å². The van der Waals surface area contributed by atoms with E-state index in [9.17, 15) is 9.18 Å². The molecule has 0 aliphatic carbocycles. The van der Waals surface area contributed by atoms with Crippen molar-refractivity contribution in [1.29, 1.82) is 0 Å². The fourth-order valence-corrected chi connectivity index (χ4v) is 4.51. The van der Waals surface area contributed by atoms with Gasteiger partial charge in [0, 0.05) is 29.1 Å². The minimum atomic E-state index is -0.314. The van der Waals surface area contributed by atoms with Crippen LogP contribution >= 0.6 is 34.4 Å². The highest BCUT2D eigenvalue weighted by molar-refractivity contribution is 8.00. The third-order valence-electron chi connectivity index (χ3n) is 3.18. The summed E-state index contributed by atoms with van der Waals surface area (Å²) in [5.74, 6) is 0.212. The Bertz CT molecular complexity index is 1090. The summed E-state index contributed by atoms with van der Waals surface area (Å²) in [5.41, 5.74) is 1.23. The first kappa shape index (κ1) is 16.2. The molecule has 0 fully saturated rings. The Hall–Kier alpha value is -2.30. The summed E-state index contributed by atoms with van der Waals surface area (Å²) < 4.78 is 15.5.